The normalized spacial score (nSPS) is 19.7. The molecule has 0 saturated heterocycles. The Labute approximate surface area is 160 Å². The van der Waals surface area contributed by atoms with Crippen LogP contribution in [0.1, 0.15) is 54.9 Å². The average molecular weight is 369 g/mol. The summed E-state index contributed by atoms with van der Waals surface area (Å²) in [5, 5.41) is 0.651. The lowest BCUT2D eigenvalue weighted by Crippen LogP contribution is -2.38. The number of Topliss-reactive ketones (excluding diaryl/α,β-unsaturated/α-hetero) is 2. The van der Waals surface area contributed by atoms with E-state index in [0.29, 0.717) is 11.4 Å². The monoisotopic (exact) mass is 368 g/mol. The van der Waals surface area contributed by atoms with Gasteiger partial charge in [0.05, 0.1) is 6.42 Å². The van der Waals surface area contributed by atoms with Crippen LogP contribution in [0.25, 0.3) is 11.1 Å². The van der Waals surface area contributed by atoms with E-state index in [1.165, 1.54) is 16.7 Å². The Morgan fingerprint density at radius 1 is 0.962 bits per heavy atom. The first kappa shape index (κ1) is 18.8. The summed E-state index contributed by atoms with van der Waals surface area (Å²) < 4.78 is 0. The van der Waals surface area contributed by atoms with Crippen molar-refractivity contribution in [3.8, 4) is 11.1 Å². The first-order chi connectivity index (χ1) is 12.1. The highest BCUT2D eigenvalue weighted by Gasteiger charge is 2.43. The Morgan fingerprint density at radius 2 is 1.65 bits per heavy atom. The lowest BCUT2D eigenvalue weighted by atomic mass is 9.64. The summed E-state index contributed by atoms with van der Waals surface area (Å²) in [6.07, 6.45) is 0.458. The molecule has 0 N–H and O–H groups in total. The van der Waals surface area contributed by atoms with Crippen molar-refractivity contribution in [2.24, 2.45) is 5.41 Å². The zero-order valence-corrected chi connectivity index (χ0v) is 16.8. The SMILES string of the molecule is Cc1ccc(-c2cc(Cl)ccc2C2C(=O)CC(=O)CC2(C)C)c(C)c1C. The molecule has 0 spiro atoms. The molecule has 0 aromatic heterocycles. The van der Waals surface area contributed by atoms with Crippen molar-refractivity contribution in [1.82, 2.24) is 0 Å². The molecule has 1 aliphatic rings. The maximum Gasteiger partial charge on any atom is 0.148 e. The molecule has 0 bridgehead atoms. The summed E-state index contributed by atoms with van der Waals surface area (Å²) in [5.41, 5.74) is 6.37. The second-order valence-electron chi connectivity index (χ2n) is 8.19. The number of hydrogen-bond acceptors (Lipinski definition) is 2. The van der Waals surface area contributed by atoms with Crippen molar-refractivity contribution in [3.05, 3.63) is 57.6 Å². The Kier molecular flexibility index (Phi) is 4.83. The molecular weight excluding hydrogens is 344 g/mol. The van der Waals surface area contributed by atoms with Gasteiger partial charge in [0.2, 0.25) is 0 Å². The molecule has 136 valence electrons. The van der Waals surface area contributed by atoms with E-state index >= 15 is 0 Å². The molecule has 2 aromatic rings. The Bertz CT molecular complexity index is 909. The summed E-state index contributed by atoms with van der Waals surface area (Å²) in [6, 6.07) is 9.98. The third-order valence-corrected chi connectivity index (χ3v) is 6.04. The van der Waals surface area contributed by atoms with Crippen molar-refractivity contribution in [1.29, 1.82) is 0 Å². The van der Waals surface area contributed by atoms with Crippen molar-refractivity contribution >= 4 is 23.2 Å². The minimum Gasteiger partial charge on any atom is -0.299 e. The number of benzene rings is 2. The van der Waals surface area contributed by atoms with Crippen LogP contribution < -0.4 is 0 Å². The molecule has 1 fully saturated rings. The van der Waals surface area contributed by atoms with Crippen molar-refractivity contribution in [2.45, 2.75) is 53.4 Å². The second kappa shape index (κ2) is 6.66. The maximum absolute atomic E-state index is 12.8. The third kappa shape index (κ3) is 3.23. The van der Waals surface area contributed by atoms with E-state index in [1.54, 1.807) is 0 Å². The molecule has 3 heteroatoms. The second-order valence-corrected chi connectivity index (χ2v) is 8.63. The number of rotatable bonds is 2. The highest BCUT2D eigenvalue weighted by atomic mass is 35.5. The minimum atomic E-state index is -0.400. The fourth-order valence-electron chi connectivity index (χ4n) is 4.26. The van der Waals surface area contributed by atoms with Gasteiger partial charge in [-0.1, -0.05) is 43.6 Å². The summed E-state index contributed by atoms with van der Waals surface area (Å²) in [4.78, 5) is 24.8. The molecule has 26 heavy (non-hydrogen) atoms. The molecule has 0 radical (unpaired) electrons. The van der Waals surface area contributed by atoms with Crippen molar-refractivity contribution in [2.75, 3.05) is 0 Å². The molecule has 1 atom stereocenters. The van der Waals surface area contributed by atoms with Crippen LogP contribution in [0.2, 0.25) is 5.02 Å². The number of aryl methyl sites for hydroxylation is 1. The molecule has 1 unspecified atom stereocenters. The average Bonchev–Trinajstić information content (AvgIpc) is 2.52. The van der Waals surface area contributed by atoms with E-state index in [2.05, 4.69) is 32.9 Å². The molecule has 3 rings (SSSR count). The van der Waals surface area contributed by atoms with Crippen LogP contribution in [0.5, 0.6) is 0 Å². The van der Waals surface area contributed by atoms with Crippen LogP contribution in [-0.2, 0) is 9.59 Å². The van der Waals surface area contributed by atoms with E-state index in [-0.39, 0.29) is 23.9 Å². The lowest BCUT2D eigenvalue weighted by Gasteiger charge is -2.38. The number of hydrogen-bond donors (Lipinski definition) is 0. The largest absolute Gasteiger partial charge is 0.299 e. The van der Waals surface area contributed by atoms with Gasteiger partial charge in [0, 0.05) is 17.4 Å². The molecule has 1 aliphatic carbocycles. The van der Waals surface area contributed by atoms with E-state index in [4.69, 9.17) is 11.6 Å². The maximum atomic E-state index is 12.8. The van der Waals surface area contributed by atoms with Crippen LogP contribution in [-0.4, -0.2) is 11.6 Å². The highest BCUT2D eigenvalue weighted by Crippen LogP contribution is 2.47. The lowest BCUT2D eigenvalue weighted by molar-refractivity contribution is -0.135. The molecular formula is C23H25ClO2. The first-order valence-corrected chi connectivity index (χ1v) is 9.40. The fourth-order valence-corrected chi connectivity index (χ4v) is 4.43. The molecule has 0 aliphatic heterocycles. The third-order valence-electron chi connectivity index (χ3n) is 5.80. The van der Waals surface area contributed by atoms with Gasteiger partial charge < -0.3 is 0 Å². The predicted molar refractivity (Wildman–Crippen MR) is 107 cm³/mol. The van der Waals surface area contributed by atoms with E-state index in [1.807, 2.05) is 32.0 Å². The smallest absolute Gasteiger partial charge is 0.148 e. The van der Waals surface area contributed by atoms with E-state index < -0.39 is 5.41 Å². The number of ketones is 2. The fraction of sp³-hybridized carbons (Fsp3) is 0.391. The number of halogens is 1. The standard InChI is InChI=1S/C23H25ClO2/c1-13-6-8-18(15(3)14(13)2)20-10-16(24)7-9-19(20)22-21(26)11-17(25)12-23(22,4)5/h6-10,22H,11-12H2,1-5H3. The van der Waals surface area contributed by atoms with Crippen LogP contribution in [0.15, 0.2) is 30.3 Å². The van der Waals surface area contributed by atoms with Gasteiger partial charge in [-0.2, -0.15) is 0 Å². The molecule has 2 nitrogen and oxygen atoms in total. The quantitative estimate of drug-likeness (QED) is 0.611. The molecule has 0 amide bonds. The van der Waals surface area contributed by atoms with Gasteiger partial charge in [-0.05, 0) is 71.7 Å². The summed E-state index contributed by atoms with van der Waals surface area (Å²) in [7, 11) is 0. The Hall–Kier alpha value is -1.93. The number of carbonyl (C=O) groups excluding carboxylic acids is 2. The van der Waals surface area contributed by atoms with Gasteiger partial charge in [0.1, 0.15) is 11.6 Å². The van der Waals surface area contributed by atoms with Gasteiger partial charge >= 0.3 is 0 Å². The Balaban J connectivity index is 2.24. The van der Waals surface area contributed by atoms with Gasteiger partial charge in [-0.25, -0.2) is 0 Å². The van der Waals surface area contributed by atoms with Gasteiger partial charge in [-0.3, -0.25) is 9.59 Å². The van der Waals surface area contributed by atoms with Crippen LogP contribution in [0.4, 0.5) is 0 Å². The van der Waals surface area contributed by atoms with Gasteiger partial charge in [-0.15, -0.1) is 0 Å². The first-order valence-electron chi connectivity index (χ1n) is 9.03. The van der Waals surface area contributed by atoms with E-state index in [0.717, 1.165) is 16.7 Å². The minimum absolute atomic E-state index is 0.0105. The van der Waals surface area contributed by atoms with E-state index in [9.17, 15) is 9.59 Å². The molecule has 2 aromatic carbocycles. The van der Waals surface area contributed by atoms with Crippen LogP contribution >= 0.6 is 11.6 Å². The van der Waals surface area contributed by atoms with Crippen molar-refractivity contribution < 1.29 is 9.59 Å². The van der Waals surface area contributed by atoms with Crippen LogP contribution in [0, 0.1) is 26.2 Å². The summed E-state index contributed by atoms with van der Waals surface area (Å²) in [5.74, 6) is -0.251. The topological polar surface area (TPSA) is 34.1 Å². The highest BCUT2D eigenvalue weighted by molar-refractivity contribution is 6.31. The predicted octanol–water partition coefficient (Wildman–Crippen LogP) is 5.97. The Morgan fingerprint density at radius 3 is 2.31 bits per heavy atom. The van der Waals surface area contributed by atoms with Gasteiger partial charge in [0.25, 0.3) is 0 Å². The molecule has 1 saturated carbocycles. The summed E-state index contributed by atoms with van der Waals surface area (Å²) >= 11 is 6.32. The number of carbonyl (C=O) groups is 2. The molecule has 0 heterocycles. The van der Waals surface area contributed by atoms with Crippen LogP contribution in [0.3, 0.4) is 0 Å². The van der Waals surface area contributed by atoms with Gasteiger partial charge in [0.15, 0.2) is 0 Å². The van der Waals surface area contributed by atoms with Crippen molar-refractivity contribution in [3.63, 3.8) is 0 Å². The summed E-state index contributed by atoms with van der Waals surface area (Å²) in [6.45, 7) is 10.4. The zero-order valence-electron chi connectivity index (χ0n) is 16.1. The zero-order chi connectivity index (χ0) is 19.2.